The van der Waals surface area contributed by atoms with E-state index in [-0.39, 0.29) is 11.3 Å². The number of hydrogen-bond acceptors (Lipinski definition) is 3. The first kappa shape index (κ1) is 14.7. The molecule has 0 radical (unpaired) electrons. The summed E-state index contributed by atoms with van der Waals surface area (Å²) in [6.07, 6.45) is 4.12. The molecule has 112 valence electrons. The minimum Gasteiger partial charge on any atom is -0.495 e. The average Bonchev–Trinajstić information content (AvgIpc) is 2.94. The zero-order valence-corrected chi connectivity index (χ0v) is 13.1. The molecule has 0 saturated carbocycles. The van der Waals surface area contributed by atoms with Crippen LogP contribution in [0.1, 0.15) is 5.56 Å². The number of carbonyl (C=O) groups is 1. The number of ether oxygens (including phenoxy) is 1. The molecule has 3 nitrogen and oxygen atoms in total. The predicted molar refractivity (Wildman–Crippen MR) is 92.2 cm³/mol. The summed E-state index contributed by atoms with van der Waals surface area (Å²) in [5.74, 6) is 1.32. The van der Waals surface area contributed by atoms with Gasteiger partial charge in [-0.2, -0.15) is 0 Å². The van der Waals surface area contributed by atoms with Crippen molar-refractivity contribution >= 4 is 29.4 Å². The van der Waals surface area contributed by atoms with Crippen LogP contribution in [-0.4, -0.2) is 24.1 Å². The van der Waals surface area contributed by atoms with Crippen molar-refractivity contribution in [2.45, 2.75) is 5.37 Å². The van der Waals surface area contributed by atoms with Gasteiger partial charge in [-0.1, -0.05) is 54.6 Å². The van der Waals surface area contributed by atoms with Gasteiger partial charge in [0.05, 0.1) is 18.6 Å². The number of para-hydroxylation sites is 2. The molecule has 2 aromatic rings. The lowest BCUT2D eigenvalue weighted by Crippen LogP contribution is -2.31. The highest BCUT2D eigenvalue weighted by molar-refractivity contribution is 8.01. The number of benzene rings is 2. The smallest absolute Gasteiger partial charge is 0.238 e. The summed E-state index contributed by atoms with van der Waals surface area (Å²) >= 11 is 1.63. The van der Waals surface area contributed by atoms with Crippen LogP contribution in [-0.2, 0) is 4.79 Å². The lowest BCUT2D eigenvalue weighted by Gasteiger charge is -2.23. The summed E-state index contributed by atoms with van der Waals surface area (Å²) in [4.78, 5) is 14.1. The Labute approximate surface area is 134 Å². The monoisotopic (exact) mass is 311 g/mol. The van der Waals surface area contributed by atoms with Gasteiger partial charge in [-0.05, 0) is 17.7 Å². The van der Waals surface area contributed by atoms with E-state index in [1.54, 1.807) is 18.9 Å². The van der Waals surface area contributed by atoms with Crippen LogP contribution in [0, 0.1) is 0 Å². The van der Waals surface area contributed by atoms with E-state index in [4.69, 9.17) is 4.74 Å². The minimum atomic E-state index is -0.0102. The average molecular weight is 311 g/mol. The van der Waals surface area contributed by atoms with Crippen LogP contribution in [0.3, 0.4) is 0 Å². The molecule has 4 heteroatoms. The Morgan fingerprint density at radius 2 is 1.86 bits per heavy atom. The van der Waals surface area contributed by atoms with Crippen molar-refractivity contribution in [3.63, 3.8) is 0 Å². The van der Waals surface area contributed by atoms with E-state index < -0.39 is 0 Å². The van der Waals surface area contributed by atoms with E-state index in [9.17, 15) is 4.79 Å². The molecule has 3 rings (SSSR count). The Kier molecular flexibility index (Phi) is 4.49. The fourth-order valence-electron chi connectivity index (χ4n) is 2.44. The molecule has 0 spiro atoms. The number of hydrogen-bond donors (Lipinski definition) is 0. The fourth-order valence-corrected chi connectivity index (χ4v) is 3.46. The maximum Gasteiger partial charge on any atom is 0.238 e. The van der Waals surface area contributed by atoms with E-state index in [2.05, 4.69) is 12.2 Å². The van der Waals surface area contributed by atoms with Gasteiger partial charge in [-0.15, -0.1) is 11.8 Å². The Balaban J connectivity index is 1.88. The molecule has 1 atom stereocenters. The fraction of sp³-hybridized carbons (Fsp3) is 0.167. The normalized spacial score (nSPS) is 18.1. The Morgan fingerprint density at radius 3 is 2.64 bits per heavy atom. The van der Waals surface area contributed by atoms with Crippen LogP contribution in [0.4, 0.5) is 5.69 Å². The highest BCUT2D eigenvalue weighted by Gasteiger charge is 2.32. The van der Waals surface area contributed by atoms with Gasteiger partial charge in [0.15, 0.2) is 0 Å². The highest BCUT2D eigenvalue weighted by atomic mass is 32.2. The third-order valence-electron chi connectivity index (χ3n) is 3.50. The first-order valence-corrected chi connectivity index (χ1v) is 8.14. The first-order valence-electron chi connectivity index (χ1n) is 7.09. The summed E-state index contributed by atoms with van der Waals surface area (Å²) in [5, 5.41) is -0.0102. The number of anilines is 1. The summed E-state index contributed by atoms with van der Waals surface area (Å²) in [5.41, 5.74) is 1.95. The number of amides is 1. The van der Waals surface area contributed by atoms with Crippen molar-refractivity contribution in [1.29, 1.82) is 0 Å². The second kappa shape index (κ2) is 6.71. The van der Waals surface area contributed by atoms with Gasteiger partial charge in [0.2, 0.25) is 5.91 Å². The molecule has 22 heavy (non-hydrogen) atoms. The second-order valence-electron chi connectivity index (χ2n) is 4.91. The lowest BCUT2D eigenvalue weighted by atomic mass is 10.2. The Morgan fingerprint density at radius 1 is 1.14 bits per heavy atom. The highest BCUT2D eigenvalue weighted by Crippen LogP contribution is 2.37. The minimum absolute atomic E-state index is 0.0102. The summed E-state index contributed by atoms with van der Waals surface area (Å²) in [7, 11) is 1.63. The maximum atomic E-state index is 12.3. The van der Waals surface area contributed by atoms with Crippen molar-refractivity contribution in [2.24, 2.45) is 0 Å². The standard InChI is InChI=1S/C18H17NO2S/c1-21-16-10-6-5-9-15(16)19-17(20)13-22-18(19)12-11-14-7-3-2-4-8-14/h2-12,18H,13H2,1H3/b12-11+. The molecular weight excluding hydrogens is 294 g/mol. The third-order valence-corrected chi connectivity index (χ3v) is 4.62. The first-order chi connectivity index (χ1) is 10.8. The van der Waals surface area contributed by atoms with Gasteiger partial charge in [-0.25, -0.2) is 0 Å². The van der Waals surface area contributed by atoms with Crippen molar-refractivity contribution in [1.82, 2.24) is 0 Å². The van der Waals surface area contributed by atoms with Gasteiger partial charge in [0, 0.05) is 0 Å². The van der Waals surface area contributed by atoms with E-state index >= 15 is 0 Å². The van der Waals surface area contributed by atoms with Crippen LogP contribution in [0.2, 0.25) is 0 Å². The zero-order valence-electron chi connectivity index (χ0n) is 12.3. The molecule has 0 aromatic heterocycles. The SMILES string of the molecule is COc1ccccc1N1C(=O)CSC1/C=C/c1ccccc1. The third kappa shape index (κ3) is 3.02. The van der Waals surface area contributed by atoms with Crippen LogP contribution >= 0.6 is 11.8 Å². The maximum absolute atomic E-state index is 12.3. The lowest BCUT2D eigenvalue weighted by molar-refractivity contribution is -0.115. The molecule has 1 saturated heterocycles. The second-order valence-corrected chi connectivity index (χ2v) is 6.01. The van der Waals surface area contributed by atoms with Crippen LogP contribution < -0.4 is 9.64 Å². The summed E-state index contributed by atoms with van der Waals surface area (Å²) in [6.45, 7) is 0. The molecule has 1 aliphatic rings. The summed E-state index contributed by atoms with van der Waals surface area (Å²) in [6, 6.07) is 17.7. The largest absolute Gasteiger partial charge is 0.495 e. The van der Waals surface area contributed by atoms with Gasteiger partial charge >= 0.3 is 0 Å². The Hall–Kier alpha value is -2.20. The van der Waals surface area contributed by atoms with Gasteiger partial charge in [0.1, 0.15) is 11.1 Å². The number of thioether (sulfide) groups is 1. The zero-order chi connectivity index (χ0) is 15.4. The van der Waals surface area contributed by atoms with Gasteiger partial charge < -0.3 is 4.74 Å². The van der Waals surface area contributed by atoms with Crippen LogP contribution in [0.25, 0.3) is 6.08 Å². The number of nitrogens with zero attached hydrogens (tertiary/aromatic N) is 1. The quantitative estimate of drug-likeness (QED) is 0.860. The molecule has 0 aliphatic carbocycles. The van der Waals surface area contributed by atoms with E-state index in [0.29, 0.717) is 5.75 Å². The summed E-state index contributed by atoms with van der Waals surface area (Å²) < 4.78 is 5.39. The molecule has 1 fully saturated rings. The van der Waals surface area contributed by atoms with Crippen molar-refractivity contribution in [3.8, 4) is 5.75 Å². The topological polar surface area (TPSA) is 29.5 Å². The number of methoxy groups -OCH3 is 1. The molecule has 1 heterocycles. The van der Waals surface area contributed by atoms with E-state index in [1.807, 2.05) is 59.5 Å². The van der Waals surface area contributed by atoms with Crippen molar-refractivity contribution in [3.05, 3.63) is 66.2 Å². The van der Waals surface area contributed by atoms with Gasteiger partial charge in [-0.3, -0.25) is 9.69 Å². The van der Waals surface area contributed by atoms with Crippen LogP contribution in [0.15, 0.2) is 60.7 Å². The molecular formula is C18H17NO2S. The predicted octanol–water partition coefficient (Wildman–Crippen LogP) is 3.81. The van der Waals surface area contributed by atoms with Crippen molar-refractivity contribution < 1.29 is 9.53 Å². The van der Waals surface area contributed by atoms with Gasteiger partial charge in [0.25, 0.3) is 0 Å². The molecule has 0 bridgehead atoms. The van der Waals surface area contributed by atoms with E-state index in [0.717, 1.165) is 17.0 Å². The molecule has 1 amide bonds. The molecule has 1 unspecified atom stereocenters. The van der Waals surface area contributed by atoms with Crippen LogP contribution in [0.5, 0.6) is 5.75 Å². The van der Waals surface area contributed by atoms with Crippen molar-refractivity contribution in [2.75, 3.05) is 17.8 Å². The Bertz CT molecular complexity index is 684. The van der Waals surface area contributed by atoms with E-state index in [1.165, 1.54) is 0 Å². The number of carbonyl (C=O) groups excluding carboxylic acids is 1. The molecule has 2 aromatic carbocycles. The molecule has 0 N–H and O–H groups in total. The molecule has 1 aliphatic heterocycles. The number of rotatable bonds is 4.